The van der Waals surface area contributed by atoms with Gasteiger partial charge in [-0.15, -0.1) is 0 Å². The Morgan fingerprint density at radius 3 is 2.63 bits per heavy atom. The van der Waals surface area contributed by atoms with Gasteiger partial charge in [-0.1, -0.05) is 15.9 Å². The molecule has 142 valence electrons. The second-order valence-corrected chi connectivity index (χ2v) is 9.10. The van der Waals surface area contributed by atoms with Crippen molar-refractivity contribution in [2.45, 2.75) is 11.3 Å². The van der Waals surface area contributed by atoms with E-state index in [1.165, 1.54) is 12.1 Å². The SMILES string of the molecule is O=C1CC(CNS(=O)(=O)c2ccc(Br)cc2)CN1c1ccc2c(c1)OCO2. The summed E-state index contributed by atoms with van der Waals surface area (Å²) in [4.78, 5) is 14.2. The molecule has 1 N–H and O–H groups in total. The fourth-order valence-electron chi connectivity index (χ4n) is 3.15. The number of hydrogen-bond acceptors (Lipinski definition) is 5. The van der Waals surface area contributed by atoms with E-state index in [0.29, 0.717) is 18.0 Å². The minimum atomic E-state index is -3.61. The fraction of sp³-hybridized carbons (Fsp3) is 0.278. The molecule has 27 heavy (non-hydrogen) atoms. The number of ether oxygens (including phenoxy) is 2. The van der Waals surface area contributed by atoms with Crippen LogP contribution in [-0.2, 0) is 14.8 Å². The molecule has 2 heterocycles. The number of benzene rings is 2. The molecule has 1 atom stereocenters. The Morgan fingerprint density at radius 2 is 1.85 bits per heavy atom. The lowest BCUT2D eigenvalue weighted by Gasteiger charge is -2.17. The van der Waals surface area contributed by atoms with Gasteiger partial charge < -0.3 is 14.4 Å². The van der Waals surface area contributed by atoms with Gasteiger partial charge in [0.2, 0.25) is 22.7 Å². The minimum absolute atomic E-state index is 0.0401. The van der Waals surface area contributed by atoms with Crippen molar-refractivity contribution in [3.8, 4) is 11.5 Å². The van der Waals surface area contributed by atoms with Gasteiger partial charge in [-0.2, -0.15) is 0 Å². The van der Waals surface area contributed by atoms with E-state index >= 15 is 0 Å². The highest BCUT2D eigenvalue weighted by atomic mass is 79.9. The molecule has 9 heteroatoms. The summed E-state index contributed by atoms with van der Waals surface area (Å²) in [6, 6.07) is 11.8. The molecule has 0 spiro atoms. The maximum Gasteiger partial charge on any atom is 0.240 e. The number of hydrogen-bond donors (Lipinski definition) is 1. The number of nitrogens with one attached hydrogen (secondary N) is 1. The van der Waals surface area contributed by atoms with Gasteiger partial charge in [0.05, 0.1) is 4.90 Å². The first-order chi connectivity index (χ1) is 12.9. The summed E-state index contributed by atoms with van der Waals surface area (Å²) in [5, 5.41) is 0. The number of rotatable bonds is 5. The first kappa shape index (κ1) is 18.3. The van der Waals surface area contributed by atoms with E-state index in [1.54, 1.807) is 35.2 Å². The van der Waals surface area contributed by atoms with Crippen LogP contribution in [0.15, 0.2) is 51.8 Å². The topological polar surface area (TPSA) is 84.9 Å². The Kier molecular flexibility index (Phi) is 4.83. The second-order valence-electron chi connectivity index (χ2n) is 6.42. The summed E-state index contributed by atoms with van der Waals surface area (Å²) >= 11 is 3.28. The van der Waals surface area contributed by atoms with Crippen LogP contribution >= 0.6 is 15.9 Å². The Hall–Kier alpha value is -2.10. The summed E-state index contributed by atoms with van der Waals surface area (Å²) < 4.78 is 38.9. The normalized spacial score (nSPS) is 18.9. The molecule has 0 saturated carbocycles. The number of halogens is 1. The Labute approximate surface area is 165 Å². The van der Waals surface area contributed by atoms with E-state index in [4.69, 9.17) is 9.47 Å². The zero-order valence-corrected chi connectivity index (χ0v) is 16.6. The average Bonchev–Trinajstić information content (AvgIpc) is 3.26. The van der Waals surface area contributed by atoms with Gasteiger partial charge >= 0.3 is 0 Å². The molecule has 1 saturated heterocycles. The van der Waals surface area contributed by atoms with Crippen molar-refractivity contribution >= 4 is 37.5 Å². The Balaban J connectivity index is 1.41. The van der Waals surface area contributed by atoms with Crippen molar-refractivity contribution in [2.75, 3.05) is 24.8 Å². The number of carbonyl (C=O) groups is 1. The maximum atomic E-state index is 12.4. The van der Waals surface area contributed by atoms with Crippen LogP contribution in [0.3, 0.4) is 0 Å². The third kappa shape index (κ3) is 3.80. The van der Waals surface area contributed by atoms with Crippen molar-refractivity contribution in [2.24, 2.45) is 5.92 Å². The van der Waals surface area contributed by atoms with Gasteiger partial charge in [0.15, 0.2) is 11.5 Å². The highest BCUT2D eigenvalue weighted by Gasteiger charge is 2.32. The van der Waals surface area contributed by atoms with Crippen LogP contribution < -0.4 is 19.1 Å². The summed E-state index contributed by atoms with van der Waals surface area (Å²) in [6.07, 6.45) is 0.289. The van der Waals surface area contributed by atoms with Crippen LogP contribution in [0.4, 0.5) is 5.69 Å². The fourth-order valence-corrected chi connectivity index (χ4v) is 4.53. The van der Waals surface area contributed by atoms with Gasteiger partial charge in [0.1, 0.15) is 0 Å². The lowest BCUT2D eigenvalue weighted by atomic mass is 10.1. The number of nitrogens with zero attached hydrogens (tertiary/aromatic N) is 1. The van der Waals surface area contributed by atoms with Crippen LogP contribution in [-0.4, -0.2) is 34.2 Å². The molecule has 2 aromatic carbocycles. The lowest BCUT2D eigenvalue weighted by Crippen LogP contribution is -2.31. The van der Waals surface area contributed by atoms with Gasteiger partial charge in [0.25, 0.3) is 0 Å². The highest BCUT2D eigenvalue weighted by molar-refractivity contribution is 9.10. The number of fused-ring (bicyclic) bond motifs is 1. The quantitative estimate of drug-likeness (QED) is 0.752. The maximum absolute atomic E-state index is 12.4. The van der Waals surface area contributed by atoms with Gasteiger partial charge in [-0.25, -0.2) is 13.1 Å². The first-order valence-electron chi connectivity index (χ1n) is 8.37. The number of anilines is 1. The van der Waals surface area contributed by atoms with Crippen LogP contribution in [0.2, 0.25) is 0 Å². The van der Waals surface area contributed by atoms with Crippen molar-refractivity contribution in [3.63, 3.8) is 0 Å². The van der Waals surface area contributed by atoms with Gasteiger partial charge in [-0.05, 0) is 42.3 Å². The van der Waals surface area contributed by atoms with Crippen LogP contribution in [0.25, 0.3) is 0 Å². The summed E-state index contributed by atoms with van der Waals surface area (Å²) in [6.45, 7) is 0.819. The first-order valence-corrected chi connectivity index (χ1v) is 10.7. The predicted molar refractivity (Wildman–Crippen MR) is 102 cm³/mol. The van der Waals surface area contributed by atoms with E-state index in [0.717, 1.165) is 10.2 Å². The van der Waals surface area contributed by atoms with Gasteiger partial charge in [-0.3, -0.25) is 4.79 Å². The number of amides is 1. The van der Waals surface area contributed by atoms with E-state index in [2.05, 4.69) is 20.7 Å². The molecule has 0 radical (unpaired) electrons. The van der Waals surface area contributed by atoms with E-state index in [1.807, 2.05) is 0 Å². The third-order valence-electron chi connectivity index (χ3n) is 4.56. The molecule has 1 unspecified atom stereocenters. The molecule has 2 aromatic rings. The summed E-state index contributed by atoms with van der Waals surface area (Å²) in [5.74, 6) is 1.12. The predicted octanol–water partition coefficient (Wildman–Crippen LogP) is 2.51. The molecule has 0 aromatic heterocycles. The average molecular weight is 453 g/mol. The monoisotopic (exact) mass is 452 g/mol. The molecule has 2 aliphatic rings. The second kappa shape index (κ2) is 7.14. The van der Waals surface area contributed by atoms with E-state index < -0.39 is 10.0 Å². The molecule has 0 bridgehead atoms. The molecule has 1 amide bonds. The summed E-state index contributed by atoms with van der Waals surface area (Å²) in [7, 11) is -3.61. The zero-order chi connectivity index (χ0) is 19.0. The van der Waals surface area contributed by atoms with Gasteiger partial charge in [0, 0.05) is 35.7 Å². The number of sulfonamides is 1. The zero-order valence-electron chi connectivity index (χ0n) is 14.2. The van der Waals surface area contributed by atoms with E-state index in [9.17, 15) is 13.2 Å². The molecule has 2 aliphatic heterocycles. The number of carbonyl (C=O) groups excluding carboxylic acids is 1. The Morgan fingerprint density at radius 1 is 1.11 bits per heavy atom. The van der Waals surface area contributed by atoms with Crippen molar-refractivity contribution in [1.29, 1.82) is 0 Å². The summed E-state index contributed by atoms with van der Waals surface area (Å²) in [5.41, 5.74) is 0.725. The molecular formula is C18H17BrN2O5S. The Bertz CT molecular complexity index is 978. The largest absolute Gasteiger partial charge is 0.454 e. The minimum Gasteiger partial charge on any atom is -0.454 e. The molecular weight excluding hydrogens is 436 g/mol. The lowest BCUT2D eigenvalue weighted by molar-refractivity contribution is -0.117. The standard InChI is InChI=1S/C18H17BrN2O5S/c19-13-1-4-15(5-2-13)27(23,24)20-9-12-7-18(22)21(10-12)14-3-6-16-17(8-14)26-11-25-16/h1-6,8,12,20H,7,9-11H2. The third-order valence-corrected chi connectivity index (χ3v) is 6.53. The smallest absolute Gasteiger partial charge is 0.240 e. The van der Waals surface area contributed by atoms with Crippen molar-refractivity contribution in [1.82, 2.24) is 4.72 Å². The molecule has 7 nitrogen and oxygen atoms in total. The molecule has 0 aliphatic carbocycles. The molecule has 1 fully saturated rings. The van der Waals surface area contributed by atoms with Crippen molar-refractivity contribution < 1.29 is 22.7 Å². The van der Waals surface area contributed by atoms with Crippen LogP contribution in [0.5, 0.6) is 11.5 Å². The highest BCUT2D eigenvalue weighted by Crippen LogP contribution is 2.37. The van der Waals surface area contributed by atoms with Crippen molar-refractivity contribution in [3.05, 3.63) is 46.9 Å². The van der Waals surface area contributed by atoms with E-state index in [-0.39, 0.29) is 36.5 Å². The van der Waals surface area contributed by atoms with Crippen LogP contribution in [0.1, 0.15) is 6.42 Å². The molecule has 4 rings (SSSR count). The van der Waals surface area contributed by atoms with Crippen LogP contribution in [0, 0.1) is 5.92 Å².